The molecule has 0 nitrogen and oxygen atoms in total. The minimum atomic E-state index is 0.580. The van der Waals surface area contributed by atoms with E-state index in [0.717, 1.165) is 12.8 Å². The SMILES string of the molecule is Cc1ccccc1CC1=CCC(c2ccc3c(c2)C=CC3C(C)C)=C1. The van der Waals surface area contributed by atoms with E-state index in [1.807, 2.05) is 0 Å². The highest BCUT2D eigenvalue weighted by molar-refractivity contribution is 5.76. The van der Waals surface area contributed by atoms with Crippen molar-refractivity contribution in [1.82, 2.24) is 0 Å². The molecule has 126 valence electrons. The molecular formula is C25H26. The summed E-state index contributed by atoms with van der Waals surface area (Å²) in [6, 6.07) is 15.7. The van der Waals surface area contributed by atoms with Gasteiger partial charge < -0.3 is 0 Å². The second-order valence-electron chi connectivity index (χ2n) is 7.73. The standard InChI is InChI=1S/C25H26/c1-17(2)24-12-11-23-16-22(10-13-25(23)24)21-9-8-19(15-21)14-20-7-5-4-6-18(20)3/h4-8,10-13,15-17,24H,9,14H2,1-3H3. The molecule has 4 rings (SSSR count). The summed E-state index contributed by atoms with van der Waals surface area (Å²) in [5.41, 5.74) is 9.99. The lowest BCUT2D eigenvalue weighted by Gasteiger charge is -2.15. The van der Waals surface area contributed by atoms with E-state index in [-0.39, 0.29) is 0 Å². The summed E-state index contributed by atoms with van der Waals surface area (Å²) >= 11 is 0. The van der Waals surface area contributed by atoms with Crippen LogP contribution in [-0.2, 0) is 6.42 Å². The van der Waals surface area contributed by atoms with Crippen LogP contribution in [-0.4, -0.2) is 0 Å². The fourth-order valence-electron chi connectivity index (χ4n) is 4.05. The topological polar surface area (TPSA) is 0 Å². The number of rotatable bonds is 4. The van der Waals surface area contributed by atoms with Crippen LogP contribution in [0.1, 0.15) is 54.0 Å². The molecule has 0 amide bonds. The van der Waals surface area contributed by atoms with Crippen molar-refractivity contribution < 1.29 is 0 Å². The number of fused-ring (bicyclic) bond motifs is 1. The van der Waals surface area contributed by atoms with Gasteiger partial charge in [0.05, 0.1) is 0 Å². The minimum absolute atomic E-state index is 0.580. The van der Waals surface area contributed by atoms with E-state index in [9.17, 15) is 0 Å². The van der Waals surface area contributed by atoms with Crippen molar-refractivity contribution >= 4 is 11.6 Å². The van der Waals surface area contributed by atoms with Gasteiger partial charge in [0.15, 0.2) is 0 Å². The lowest BCUT2D eigenvalue weighted by Crippen LogP contribution is -2.01. The predicted molar refractivity (Wildman–Crippen MR) is 109 cm³/mol. The first-order chi connectivity index (χ1) is 12.1. The Bertz CT molecular complexity index is 890. The van der Waals surface area contributed by atoms with Crippen LogP contribution in [0.5, 0.6) is 0 Å². The summed E-state index contributed by atoms with van der Waals surface area (Å²) in [5, 5.41) is 0. The van der Waals surface area contributed by atoms with E-state index in [2.05, 4.69) is 87.5 Å². The largest absolute Gasteiger partial charge is 0.0765 e. The first kappa shape index (κ1) is 16.1. The second kappa shape index (κ2) is 6.52. The van der Waals surface area contributed by atoms with E-state index >= 15 is 0 Å². The summed E-state index contributed by atoms with van der Waals surface area (Å²) < 4.78 is 0. The number of benzene rings is 2. The third kappa shape index (κ3) is 3.14. The van der Waals surface area contributed by atoms with E-state index in [1.165, 1.54) is 39.0 Å². The molecule has 1 unspecified atom stereocenters. The highest BCUT2D eigenvalue weighted by atomic mass is 14.3. The molecule has 0 saturated carbocycles. The molecule has 0 bridgehead atoms. The van der Waals surface area contributed by atoms with Gasteiger partial charge in [-0.3, -0.25) is 0 Å². The van der Waals surface area contributed by atoms with Crippen LogP contribution < -0.4 is 0 Å². The third-order valence-electron chi connectivity index (χ3n) is 5.62. The zero-order valence-corrected chi connectivity index (χ0v) is 15.4. The van der Waals surface area contributed by atoms with Crippen LogP contribution >= 0.6 is 0 Å². The number of allylic oxidation sites excluding steroid dienone is 5. The number of hydrogen-bond acceptors (Lipinski definition) is 0. The summed E-state index contributed by atoms with van der Waals surface area (Å²) in [5.74, 6) is 1.24. The Kier molecular flexibility index (Phi) is 4.21. The Balaban J connectivity index is 1.55. The van der Waals surface area contributed by atoms with Crippen molar-refractivity contribution in [2.45, 2.75) is 39.5 Å². The Morgan fingerprint density at radius 2 is 1.92 bits per heavy atom. The van der Waals surface area contributed by atoms with Crippen molar-refractivity contribution in [1.29, 1.82) is 0 Å². The van der Waals surface area contributed by atoms with Gasteiger partial charge in [-0.05, 0) is 70.7 Å². The van der Waals surface area contributed by atoms with Crippen LogP contribution in [0.3, 0.4) is 0 Å². The molecule has 0 fully saturated rings. The predicted octanol–water partition coefficient (Wildman–Crippen LogP) is 6.72. The molecule has 0 heteroatoms. The fraction of sp³-hybridized carbons (Fsp3) is 0.280. The van der Waals surface area contributed by atoms with Crippen molar-refractivity contribution in [2.75, 3.05) is 0 Å². The fourth-order valence-corrected chi connectivity index (χ4v) is 4.05. The molecule has 0 aliphatic heterocycles. The van der Waals surface area contributed by atoms with Gasteiger partial charge in [-0.25, -0.2) is 0 Å². The third-order valence-corrected chi connectivity index (χ3v) is 5.62. The van der Waals surface area contributed by atoms with E-state index in [1.54, 1.807) is 0 Å². The van der Waals surface area contributed by atoms with Crippen molar-refractivity contribution in [3.8, 4) is 0 Å². The van der Waals surface area contributed by atoms with Gasteiger partial charge in [-0.1, -0.05) is 74.5 Å². The second-order valence-corrected chi connectivity index (χ2v) is 7.73. The summed E-state index contributed by atoms with van der Waals surface area (Å²) in [6.07, 6.45) is 11.5. The maximum atomic E-state index is 2.40. The van der Waals surface area contributed by atoms with Crippen LogP contribution in [0.25, 0.3) is 11.6 Å². The average molecular weight is 326 g/mol. The molecule has 0 heterocycles. The van der Waals surface area contributed by atoms with Crippen LogP contribution in [0.4, 0.5) is 0 Å². The van der Waals surface area contributed by atoms with Gasteiger partial charge in [0.2, 0.25) is 0 Å². The molecule has 0 N–H and O–H groups in total. The van der Waals surface area contributed by atoms with Crippen molar-refractivity contribution in [3.63, 3.8) is 0 Å². The maximum Gasteiger partial charge on any atom is 0.00502 e. The van der Waals surface area contributed by atoms with Gasteiger partial charge in [-0.15, -0.1) is 0 Å². The molecule has 1 atom stereocenters. The Morgan fingerprint density at radius 1 is 1.08 bits per heavy atom. The average Bonchev–Trinajstić information content (AvgIpc) is 3.23. The molecule has 0 aromatic heterocycles. The molecule has 25 heavy (non-hydrogen) atoms. The zero-order chi connectivity index (χ0) is 17.4. The number of aryl methyl sites for hydroxylation is 1. The molecular weight excluding hydrogens is 300 g/mol. The van der Waals surface area contributed by atoms with Gasteiger partial charge in [0.1, 0.15) is 0 Å². The molecule has 0 radical (unpaired) electrons. The highest BCUT2D eigenvalue weighted by Gasteiger charge is 2.21. The first-order valence-corrected chi connectivity index (χ1v) is 9.38. The molecule has 2 aromatic carbocycles. The summed E-state index contributed by atoms with van der Waals surface area (Å²) in [7, 11) is 0. The Hall–Kier alpha value is -2.34. The minimum Gasteiger partial charge on any atom is -0.0765 e. The highest BCUT2D eigenvalue weighted by Crippen LogP contribution is 2.38. The summed E-state index contributed by atoms with van der Waals surface area (Å²) in [4.78, 5) is 0. The van der Waals surface area contributed by atoms with Gasteiger partial charge in [-0.2, -0.15) is 0 Å². The molecule has 2 aromatic rings. The lowest BCUT2D eigenvalue weighted by molar-refractivity contribution is 0.584. The summed E-state index contributed by atoms with van der Waals surface area (Å²) in [6.45, 7) is 6.81. The monoisotopic (exact) mass is 326 g/mol. The first-order valence-electron chi connectivity index (χ1n) is 9.38. The van der Waals surface area contributed by atoms with Gasteiger partial charge in [0.25, 0.3) is 0 Å². The maximum absolute atomic E-state index is 2.40. The molecule has 2 aliphatic carbocycles. The normalized spacial score (nSPS) is 18.5. The molecule has 2 aliphatic rings. The smallest absolute Gasteiger partial charge is 0.00502 e. The van der Waals surface area contributed by atoms with Crippen LogP contribution in [0.15, 0.2) is 66.3 Å². The van der Waals surface area contributed by atoms with Gasteiger partial charge >= 0.3 is 0 Å². The quantitative estimate of drug-likeness (QED) is 0.585. The van der Waals surface area contributed by atoms with E-state index in [0.29, 0.717) is 11.8 Å². The molecule has 0 spiro atoms. The number of hydrogen-bond donors (Lipinski definition) is 0. The van der Waals surface area contributed by atoms with E-state index in [4.69, 9.17) is 0 Å². The van der Waals surface area contributed by atoms with Crippen molar-refractivity contribution in [2.24, 2.45) is 5.92 Å². The van der Waals surface area contributed by atoms with Crippen LogP contribution in [0.2, 0.25) is 0 Å². The van der Waals surface area contributed by atoms with Crippen molar-refractivity contribution in [3.05, 3.63) is 94.1 Å². The van der Waals surface area contributed by atoms with Crippen LogP contribution in [0, 0.1) is 12.8 Å². The van der Waals surface area contributed by atoms with Gasteiger partial charge in [0, 0.05) is 5.92 Å². The lowest BCUT2D eigenvalue weighted by atomic mass is 9.89. The van der Waals surface area contributed by atoms with E-state index < -0.39 is 0 Å². The Labute approximate surface area is 151 Å². The molecule has 0 saturated heterocycles. The zero-order valence-electron chi connectivity index (χ0n) is 15.4. The Morgan fingerprint density at radius 3 is 2.72 bits per heavy atom.